The summed E-state index contributed by atoms with van der Waals surface area (Å²) in [6.45, 7) is 0. The Hall–Kier alpha value is -2.11. The SMILES string of the molecule is O=C(O)c1c[nH]c2nc[nH]c(=O)c12. The fourth-order valence-electron chi connectivity index (χ4n) is 1.14. The Morgan fingerprint density at radius 3 is 2.92 bits per heavy atom. The Labute approximate surface area is 71.2 Å². The van der Waals surface area contributed by atoms with E-state index in [2.05, 4.69) is 15.0 Å². The van der Waals surface area contributed by atoms with E-state index in [1.807, 2.05) is 0 Å². The van der Waals surface area contributed by atoms with Crippen molar-refractivity contribution in [2.45, 2.75) is 0 Å². The van der Waals surface area contributed by atoms with Crippen molar-refractivity contribution in [2.75, 3.05) is 0 Å². The molecule has 0 aliphatic carbocycles. The monoisotopic (exact) mass is 179 g/mol. The van der Waals surface area contributed by atoms with E-state index in [1.54, 1.807) is 0 Å². The van der Waals surface area contributed by atoms with Gasteiger partial charge in [-0.2, -0.15) is 0 Å². The molecule has 2 aromatic rings. The number of fused-ring (bicyclic) bond motifs is 1. The van der Waals surface area contributed by atoms with Crippen molar-refractivity contribution in [3.63, 3.8) is 0 Å². The first-order valence-electron chi connectivity index (χ1n) is 3.48. The van der Waals surface area contributed by atoms with Crippen molar-refractivity contribution < 1.29 is 9.90 Å². The van der Waals surface area contributed by atoms with Crippen LogP contribution in [-0.4, -0.2) is 26.0 Å². The maximum Gasteiger partial charge on any atom is 0.338 e. The van der Waals surface area contributed by atoms with Crippen LogP contribution in [0.5, 0.6) is 0 Å². The lowest BCUT2D eigenvalue weighted by molar-refractivity contribution is 0.0699. The first kappa shape index (κ1) is 7.53. The third kappa shape index (κ3) is 0.994. The van der Waals surface area contributed by atoms with Gasteiger partial charge in [0.25, 0.3) is 5.56 Å². The number of carboxylic acid groups (broad SMARTS) is 1. The Balaban J connectivity index is 2.95. The molecule has 3 N–H and O–H groups in total. The largest absolute Gasteiger partial charge is 0.478 e. The van der Waals surface area contributed by atoms with Crippen LogP contribution in [0.15, 0.2) is 17.3 Å². The third-order valence-corrected chi connectivity index (χ3v) is 1.71. The molecule has 6 nitrogen and oxygen atoms in total. The van der Waals surface area contributed by atoms with Gasteiger partial charge in [0.1, 0.15) is 5.65 Å². The highest BCUT2D eigenvalue weighted by molar-refractivity contribution is 6.01. The summed E-state index contributed by atoms with van der Waals surface area (Å²) in [6, 6.07) is 0. The number of nitrogens with zero attached hydrogens (tertiary/aromatic N) is 1. The number of nitrogens with one attached hydrogen (secondary N) is 2. The Bertz CT molecular complexity index is 525. The van der Waals surface area contributed by atoms with E-state index < -0.39 is 11.5 Å². The molecule has 0 amide bonds. The molecule has 0 saturated carbocycles. The van der Waals surface area contributed by atoms with Crippen LogP contribution in [0.25, 0.3) is 11.0 Å². The molecule has 13 heavy (non-hydrogen) atoms. The van der Waals surface area contributed by atoms with E-state index in [-0.39, 0.29) is 16.6 Å². The van der Waals surface area contributed by atoms with Crippen molar-refractivity contribution >= 4 is 17.0 Å². The Morgan fingerprint density at radius 2 is 2.23 bits per heavy atom. The Kier molecular flexibility index (Phi) is 1.42. The van der Waals surface area contributed by atoms with Gasteiger partial charge in [-0.1, -0.05) is 0 Å². The lowest BCUT2D eigenvalue weighted by atomic mass is 10.2. The highest BCUT2D eigenvalue weighted by Crippen LogP contribution is 2.10. The molecule has 0 fully saturated rings. The van der Waals surface area contributed by atoms with Gasteiger partial charge >= 0.3 is 5.97 Å². The molecular formula is C7H5N3O3. The molecule has 0 aliphatic rings. The van der Waals surface area contributed by atoms with Crippen LogP contribution in [0.3, 0.4) is 0 Å². The number of carbonyl (C=O) groups is 1. The summed E-state index contributed by atoms with van der Waals surface area (Å²) in [5.74, 6) is -1.15. The molecule has 0 radical (unpaired) electrons. The number of rotatable bonds is 1. The molecule has 0 aromatic carbocycles. The molecule has 0 spiro atoms. The minimum atomic E-state index is -1.15. The minimum Gasteiger partial charge on any atom is -0.478 e. The number of H-pyrrole nitrogens is 2. The van der Waals surface area contributed by atoms with Crippen molar-refractivity contribution in [1.82, 2.24) is 15.0 Å². The van der Waals surface area contributed by atoms with E-state index in [0.717, 1.165) is 0 Å². The molecule has 0 atom stereocenters. The van der Waals surface area contributed by atoms with Crippen molar-refractivity contribution in [2.24, 2.45) is 0 Å². The predicted molar refractivity (Wildman–Crippen MR) is 43.7 cm³/mol. The lowest BCUT2D eigenvalue weighted by Gasteiger charge is -1.88. The van der Waals surface area contributed by atoms with Crippen LogP contribution in [0, 0.1) is 0 Å². The molecule has 2 aromatic heterocycles. The van der Waals surface area contributed by atoms with Crippen LogP contribution in [0.1, 0.15) is 10.4 Å². The van der Waals surface area contributed by atoms with E-state index >= 15 is 0 Å². The summed E-state index contributed by atoms with van der Waals surface area (Å²) >= 11 is 0. The summed E-state index contributed by atoms with van der Waals surface area (Å²) < 4.78 is 0. The van der Waals surface area contributed by atoms with Gasteiger partial charge in [0.2, 0.25) is 0 Å². The van der Waals surface area contributed by atoms with Crippen LogP contribution >= 0.6 is 0 Å². The molecule has 66 valence electrons. The summed E-state index contributed by atoms with van der Waals surface area (Å²) in [5, 5.41) is 8.77. The molecule has 2 rings (SSSR count). The molecule has 2 heterocycles. The van der Waals surface area contributed by atoms with Crippen LogP contribution in [0.2, 0.25) is 0 Å². The molecule has 6 heteroatoms. The molecule has 0 unspecified atom stereocenters. The number of aromatic amines is 2. The minimum absolute atomic E-state index is 0.0654. The van der Waals surface area contributed by atoms with Crippen molar-refractivity contribution in [3.05, 3.63) is 28.4 Å². The zero-order valence-corrected chi connectivity index (χ0v) is 6.37. The van der Waals surface area contributed by atoms with Crippen LogP contribution in [0.4, 0.5) is 0 Å². The van der Waals surface area contributed by atoms with E-state index in [9.17, 15) is 9.59 Å². The van der Waals surface area contributed by atoms with Gasteiger partial charge in [-0.05, 0) is 0 Å². The summed E-state index contributed by atoms with van der Waals surface area (Å²) in [5.41, 5.74) is -0.242. The van der Waals surface area contributed by atoms with Gasteiger partial charge in [-0.3, -0.25) is 4.79 Å². The average Bonchev–Trinajstić information content (AvgIpc) is 2.49. The normalized spacial score (nSPS) is 10.5. The topological polar surface area (TPSA) is 98.8 Å². The van der Waals surface area contributed by atoms with Gasteiger partial charge in [0, 0.05) is 6.20 Å². The lowest BCUT2D eigenvalue weighted by Crippen LogP contribution is -2.08. The fourth-order valence-corrected chi connectivity index (χ4v) is 1.14. The third-order valence-electron chi connectivity index (χ3n) is 1.71. The first-order valence-corrected chi connectivity index (χ1v) is 3.48. The molecule has 0 saturated heterocycles. The summed E-state index contributed by atoms with van der Waals surface area (Å²) in [6.07, 6.45) is 2.46. The zero-order valence-electron chi connectivity index (χ0n) is 6.37. The fraction of sp³-hybridized carbons (Fsp3) is 0. The second-order valence-corrected chi connectivity index (χ2v) is 2.46. The number of aromatic nitrogens is 3. The number of aromatic carboxylic acids is 1. The maximum atomic E-state index is 11.2. The van der Waals surface area contributed by atoms with E-state index in [1.165, 1.54) is 12.5 Å². The second-order valence-electron chi connectivity index (χ2n) is 2.46. The van der Waals surface area contributed by atoms with Gasteiger partial charge in [0.15, 0.2) is 0 Å². The maximum absolute atomic E-state index is 11.2. The predicted octanol–water partition coefficient (Wildman–Crippen LogP) is -0.0506. The smallest absolute Gasteiger partial charge is 0.338 e. The van der Waals surface area contributed by atoms with Gasteiger partial charge < -0.3 is 15.1 Å². The number of carboxylic acids is 1. The van der Waals surface area contributed by atoms with Gasteiger partial charge in [-0.15, -0.1) is 0 Å². The average molecular weight is 179 g/mol. The molecule has 0 bridgehead atoms. The Morgan fingerprint density at radius 1 is 1.46 bits per heavy atom. The van der Waals surface area contributed by atoms with Gasteiger partial charge in [-0.25, -0.2) is 9.78 Å². The van der Waals surface area contributed by atoms with Crippen LogP contribution in [-0.2, 0) is 0 Å². The van der Waals surface area contributed by atoms with E-state index in [0.29, 0.717) is 0 Å². The molecular weight excluding hydrogens is 174 g/mol. The van der Waals surface area contributed by atoms with E-state index in [4.69, 9.17) is 5.11 Å². The summed E-state index contributed by atoms with van der Waals surface area (Å²) in [4.78, 5) is 30.5. The highest BCUT2D eigenvalue weighted by atomic mass is 16.4. The van der Waals surface area contributed by atoms with Gasteiger partial charge in [0.05, 0.1) is 17.3 Å². The number of hydrogen-bond acceptors (Lipinski definition) is 3. The number of hydrogen-bond donors (Lipinski definition) is 3. The first-order chi connectivity index (χ1) is 6.20. The second kappa shape index (κ2) is 2.44. The quantitative estimate of drug-likeness (QED) is 0.571. The van der Waals surface area contributed by atoms with Crippen molar-refractivity contribution in [3.8, 4) is 0 Å². The standard InChI is InChI=1S/C7H5N3O3/c11-6-4-3(7(12)13)1-8-5(4)9-2-10-6/h1-2H,(H,12,13)(H2,8,9,10,11). The van der Waals surface area contributed by atoms with Crippen molar-refractivity contribution in [1.29, 1.82) is 0 Å². The van der Waals surface area contributed by atoms with Crippen LogP contribution < -0.4 is 5.56 Å². The summed E-state index contributed by atoms with van der Waals surface area (Å²) in [7, 11) is 0. The zero-order chi connectivity index (χ0) is 9.42. The molecule has 0 aliphatic heterocycles. The highest BCUT2D eigenvalue weighted by Gasteiger charge is 2.13.